The highest BCUT2D eigenvalue weighted by atomic mass is 35.5. The molecule has 5 aromatic rings. The molecule has 0 aliphatic carbocycles. The van der Waals surface area contributed by atoms with Crippen LogP contribution >= 0.6 is 22.9 Å². The number of nitrogens with zero attached hydrogens (tertiary/aromatic N) is 3. The monoisotopic (exact) mass is 519 g/mol. The second-order valence-corrected chi connectivity index (χ2v) is 9.22. The number of ketones is 1. The van der Waals surface area contributed by atoms with Crippen LogP contribution in [0.4, 0.5) is 8.78 Å². The van der Waals surface area contributed by atoms with Crippen molar-refractivity contribution in [3.63, 3.8) is 0 Å². The predicted octanol–water partition coefficient (Wildman–Crippen LogP) is 7.00. The van der Waals surface area contributed by atoms with Crippen LogP contribution < -0.4 is 0 Å². The molecule has 0 bridgehead atoms. The molecule has 0 atom stereocenters. The molecule has 3 aromatic carbocycles. The second-order valence-electron chi connectivity index (χ2n) is 7.88. The minimum atomic E-state index is -0.765. The Bertz CT molecular complexity index is 1590. The summed E-state index contributed by atoms with van der Waals surface area (Å²) in [6.45, 7) is 0. The molecule has 0 saturated heterocycles. The quantitative estimate of drug-likeness (QED) is 0.193. The number of benzene rings is 3. The molecule has 0 amide bonds. The van der Waals surface area contributed by atoms with Crippen molar-refractivity contribution in [2.24, 2.45) is 0 Å². The average molecular weight is 520 g/mol. The predicted molar refractivity (Wildman–Crippen MR) is 135 cm³/mol. The molecule has 5 rings (SSSR count). The van der Waals surface area contributed by atoms with Crippen LogP contribution in [0.25, 0.3) is 32.4 Å². The molecule has 2 aromatic heterocycles. The van der Waals surface area contributed by atoms with Crippen molar-refractivity contribution in [3.8, 4) is 38.1 Å². The van der Waals surface area contributed by atoms with E-state index in [1.165, 1.54) is 11.3 Å². The van der Waals surface area contributed by atoms with E-state index in [4.69, 9.17) is 16.6 Å². The van der Waals surface area contributed by atoms with Crippen molar-refractivity contribution in [2.75, 3.05) is 0 Å². The lowest BCUT2D eigenvalue weighted by Gasteiger charge is -2.07. The smallest absolute Gasteiger partial charge is 0.222 e. The zero-order chi connectivity index (χ0) is 25.2. The molecule has 5 nitrogen and oxygen atoms in total. The average Bonchev–Trinajstić information content (AvgIpc) is 3.32. The molecular formula is C27H16ClF2N3O2S. The summed E-state index contributed by atoms with van der Waals surface area (Å²) in [7, 11) is 0. The summed E-state index contributed by atoms with van der Waals surface area (Å²) < 4.78 is 27.7. The Balaban J connectivity index is 1.56. The summed E-state index contributed by atoms with van der Waals surface area (Å²) in [5.74, 6) is -1.83. The van der Waals surface area contributed by atoms with Gasteiger partial charge in [-0.3, -0.25) is 4.79 Å². The van der Waals surface area contributed by atoms with Crippen molar-refractivity contribution in [1.82, 2.24) is 15.0 Å². The van der Waals surface area contributed by atoms with E-state index < -0.39 is 17.4 Å². The Hall–Kier alpha value is -4.01. The van der Waals surface area contributed by atoms with E-state index in [1.807, 2.05) is 6.07 Å². The zero-order valence-corrected chi connectivity index (χ0v) is 20.0. The van der Waals surface area contributed by atoms with Gasteiger partial charge in [-0.25, -0.2) is 23.7 Å². The number of phenolic OH excluding ortho intramolecular Hbond substituents is 1. The fraction of sp³-hybridized carbons (Fsp3) is 0.0370. The SMILES string of the molecule is O=C(Cc1cccc(-c2nc(-c3ccc(O)cc3)sc2-c2ccnc(Cl)n2)c1)c1cc(F)ccc1F. The van der Waals surface area contributed by atoms with E-state index in [-0.39, 0.29) is 23.0 Å². The van der Waals surface area contributed by atoms with Crippen molar-refractivity contribution in [1.29, 1.82) is 0 Å². The van der Waals surface area contributed by atoms with Gasteiger partial charge < -0.3 is 5.11 Å². The van der Waals surface area contributed by atoms with E-state index in [9.17, 15) is 18.7 Å². The topological polar surface area (TPSA) is 76.0 Å². The maximum atomic E-state index is 14.1. The highest BCUT2D eigenvalue weighted by Crippen LogP contribution is 2.40. The molecule has 178 valence electrons. The fourth-order valence-corrected chi connectivity index (χ4v) is 4.91. The Morgan fingerprint density at radius 1 is 0.944 bits per heavy atom. The Morgan fingerprint density at radius 3 is 2.53 bits per heavy atom. The van der Waals surface area contributed by atoms with Crippen LogP contribution in [0, 0.1) is 11.6 Å². The number of carbonyl (C=O) groups is 1. The summed E-state index contributed by atoms with van der Waals surface area (Å²) in [5, 5.41) is 10.4. The van der Waals surface area contributed by atoms with Crippen LogP contribution in [0.3, 0.4) is 0 Å². The molecule has 9 heteroatoms. The molecular weight excluding hydrogens is 504 g/mol. The van der Waals surface area contributed by atoms with Crippen LogP contribution in [0.15, 0.2) is 79.0 Å². The standard InChI is InChI=1S/C27H16ClF2N3O2S/c28-27-31-11-10-22(32-27)25-24(33-26(36-25)16-4-7-19(34)8-5-16)17-3-1-2-15(12-17)13-23(35)20-14-18(29)6-9-21(20)30/h1-12,14,34H,13H2. The van der Waals surface area contributed by atoms with E-state index in [1.54, 1.807) is 54.7 Å². The van der Waals surface area contributed by atoms with Gasteiger partial charge in [-0.1, -0.05) is 18.2 Å². The van der Waals surface area contributed by atoms with Crippen molar-refractivity contribution in [3.05, 3.63) is 107 Å². The number of aromatic hydroxyl groups is 1. The van der Waals surface area contributed by atoms with Gasteiger partial charge in [0.15, 0.2) is 5.78 Å². The molecule has 0 aliphatic rings. The largest absolute Gasteiger partial charge is 0.508 e. The number of thiazole rings is 1. The number of phenols is 1. The van der Waals surface area contributed by atoms with Gasteiger partial charge >= 0.3 is 0 Å². The first kappa shape index (κ1) is 23.7. The first-order valence-electron chi connectivity index (χ1n) is 10.7. The van der Waals surface area contributed by atoms with E-state index in [0.717, 1.165) is 28.6 Å². The summed E-state index contributed by atoms with van der Waals surface area (Å²) in [6, 6.07) is 18.4. The molecule has 1 N–H and O–H groups in total. The Morgan fingerprint density at radius 2 is 1.75 bits per heavy atom. The lowest BCUT2D eigenvalue weighted by Crippen LogP contribution is -2.07. The molecule has 0 aliphatic heterocycles. The van der Waals surface area contributed by atoms with Gasteiger partial charge in [-0.15, -0.1) is 11.3 Å². The maximum Gasteiger partial charge on any atom is 0.222 e. The van der Waals surface area contributed by atoms with Crippen molar-refractivity contribution in [2.45, 2.75) is 6.42 Å². The Kier molecular flexibility index (Phi) is 6.54. The molecule has 0 radical (unpaired) electrons. The maximum absolute atomic E-state index is 14.1. The Labute approximate surface area is 213 Å². The van der Waals surface area contributed by atoms with Gasteiger partial charge in [-0.05, 0) is 71.8 Å². The summed E-state index contributed by atoms with van der Waals surface area (Å²) in [5.41, 5.74) is 3.04. The van der Waals surface area contributed by atoms with E-state index >= 15 is 0 Å². The molecule has 0 fully saturated rings. The summed E-state index contributed by atoms with van der Waals surface area (Å²) in [6.07, 6.45) is 1.44. The first-order chi connectivity index (χ1) is 17.4. The van der Waals surface area contributed by atoms with Crippen LogP contribution in [-0.2, 0) is 6.42 Å². The number of hydrogen-bond donors (Lipinski definition) is 1. The lowest BCUT2D eigenvalue weighted by atomic mass is 9.99. The third kappa shape index (κ3) is 5.00. The minimum absolute atomic E-state index is 0.0921. The molecule has 0 saturated carbocycles. The van der Waals surface area contributed by atoms with Crippen molar-refractivity contribution < 1.29 is 18.7 Å². The molecule has 0 spiro atoms. The molecule has 36 heavy (non-hydrogen) atoms. The van der Waals surface area contributed by atoms with Gasteiger partial charge in [0.1, 0.15) is 22.4 Å². The van der Waals surface area contributed by atoms with Crippen LogP contribution in [0.2, 0.25) is 5.28 Å². The van der Waals surface area contributed by atoms with Crippen LogP contribution in [0.1, 0.15) is 15.9 Å². The number of hydrogen-bond acceptors (Lipinski definition) is 6. The number of rotatable bonds is 6. The number of Topliss-reactive ketones (excluding diaryl/α,β-unsaturated/α-hetero) is 1. The number of halogens is 3. The first-order valence-corrected chi connectivity index (χ1v) is 11.9. The van der Waals surface area contributed by atoms with Gasteiger partial charge in [-0.2, -0.15) is 0 Å². The summed E-state index contributed by atoms with van der Waals surface area (Å²) in [4.78, 5) is 26.6. The second kappa shape index (κ2) is 9.93. The van der Waals surface area contributed by atoms with Crippen LogP contribution in [-0.4, -0.2) is 25.8 Å². The lowest BCUT2D eigenvalue weighted by molar-refractivity contribution is 0.0988. The third-order valence-corrected chi connectivity index (χ3v) is 6.70. The van der Waals surface area contributed by atoms with Crippen LogP contribution in [0.5, 0.6) is 5.75 Å². The molecule has 0 unspecified atom stereocenters. The van der Waals surface area contributed by atoms with E-state index in [0.29, 0.717) is 27.5 Å². The normalized spacial score (nSPS) is 11.0. The zero-order valence-electron chi connectivity index (χ0n) is 18.5. The number of carbonyl (C=O) groups excluding carboxylic acids is 1. The van der Waals surface area contributed by atoms with Gasteiger partial charge in [0.25, 0.3) is 0 Å². The van der Waals surface area contributed by atoms with E-state index in [2.05, 4.69) is 9.97 Å². The van der Waals surface area contributed by atoms with Gasteiger partial charge in [0.05, 0.1) is 21.8 Å². The fourth-order valence-electron chi connectivity index (χ4n) is 3.70. The molecule has 2 heterocycles. The highest BCUT2D eigenvalue weighted by molar-refractivity contribution is 7.18. The van der Waals surface area contributed by atoms with Gasteiger partial charge in [0, 0.05) is 23.7 Å². The third-order valence-electron chi connectivity index (χ3n) is 5.39. The van der Waals surface area contributed by atoms with Crippen molar-refractivity contribution >= 4 is 28.7 Å². The summed E-state index contributed by atoms with van der Waals surface area (Å²) >= 11 is 7.43. The number of aromatic nitrogens is 3. The highest BCUT2D eigenvalue weighted by Gasteiger charge is 2.19. The van der Waals surface area contributed by atoms with Gasteiger partial charge in [0.2, 0.25) is 5.28 Å². The minimum Gasteiger partial charge on any atom is -0.508 e.